The summed E-state index contributed by atoms with van der Waals surface area (Å²) in [6.07, 6.45) is 7.71. The number of carbonyl (C=O) groups is 1. The summed E-state index contributed by atoms with van der Waals surface area (Å²) in [5.41, 5.74) is 3.77. The topological polar surface area (TPSA) is 74.0 Å². The van der Waals surface area contributed by atoms with Gasteiger partial charge in [-0.05, 0) is 50.3 Å². The Bertz CT molecular complexity index is 1020. The number of fused-ring (bicyclic) bond motifs is 1. The summed E-state index contributed by atoms with van der Waals surface area (Å²) in [6.45, 7) is 2.69. The van der Waals surface area contributed by atoms with Crippen molar-refractivity contribution in [2.24, 2.45) is 7.05 Å². The van der Waals surface area contributed by atoms with E-state index in [1.54, 1.807) is 13.3 Å². The van der Waals surface area contributed by atoms with Crippen molar-refractivity contribution in [2.45, 2.75) is 45.2 Å². The Morgan fingerprint density at radius 2 is 2.14 bits per heavy atom. The number of aryl methyl sites for hydroxylation is 3. The molecule has 0 spiro atoms. The van der Waals surface area contributed by atoms with E-state index < -0.39 is 6.04 Å². The smallest absolute Gasteiger partial charge is 0.270 e. The molecule has 0 saturated heterocycles. The average molecular weight is 393 g/mol. The highest BCUT2D eigenvalue weighted by Crippen LogP contribution is 2.27. The molecule has 1 unspecified atom stereocenters. The maximum atomic E-state index is 13.5. The van der Waals surface area contributed by atoms with Crippen molar-refractivity contribution in [3.05, 3.63) is 65.0 Å². The minimum atomic E-state index is -0.392. The predicted molar refractivity (Wildman–Crippen MR) is 110 cm³/mol. The SMILES string of the molecule is CCn1nc2c(c1C(=O)NC(c1cccc(OC)c1)c1nccn1C)CCCC2. The lowest BCUT2D eigenvalue weighted by atomic mass is 9.95. The Kier molecular flexibility index (Phi) is 5.38. The van der Waals surface area contributed by atoms with E-state index in [-0.39, 0.29) is 5.91 Å². The molecule has 1 aromatic carbocycles. The molecule has 1 N–H and O–H groups in total. The summed E-state index contributed by atoms with van der Waals surface area (Å²) in [7, 11) is 3.57. The summed E-state index contributed by atoms with van der Waals surface area (Å²) in [5.74, 6) is 1.40. The molecule has 2 heterocycles. The monoisotopic (exact) mass is 393 g/mol. The van der Waals surface area contributed by atoms with Gasteiger partial charge in [0.05, 0.1) is 12.8 Å². The number of imidazole rings is 1. The zero-order valence-corrected chi connectivity index (χ0v) is 17.2. The maximum absolute atomic E-state index is 13.5. The molecule has 0 radical (unpaired) electrons. The van der Waals surface area contributed by atoms with Gasteiger partial charge in [-0.2, -0.15) is 5.10 Å². The fourth-order valence-electron chi connectivity index (χ4n) is 4.06. The molecule has 7 nitrogen and oxygen atoms in total. The number of carbonyl (C=O) groups excluding carboxylic acids is 1. The number of methoxy groups -OCH3 is 1. The zero-order chi connectivity index (χ0) is 20.4. The Hall–Kier alpha value is -3.09. The Morgan fingerprint density at radius 3 is 2.86 bits per heavy atom. The molecule has 1 aliphatic carbocycles. The number of nitrogens with one attached hydrogen (secondary N) is 1. The van der Waals surface area contributed by atoms with Gasteiger partial charge < -0.3 is 14.6 Å². The number of amides is 1. The van der Waals surface area contributed by atoms with Crippen LogP contribution in [-0.4, -0.2) is 32.3 Å². The first kappa shape index (κ1) is 19.2. The van der Waals surface area contributed by atoms with Crippen molar-refractivity contribution >= 4 is 5.91 Å². The van der Waals surface area contributed by atoms with Crippen LogP contribution < -0.4 is 10.1 Å². The number of hydrogen-bond donors (Lipinski definition) is 1. The third-order valence-electron chi connectivity index (χ3n) is 5.56. The van der Waals surface area contributed by atoms with Gasteiger partial charge in [0, 0.05) is 31.5 Å². The van der Waals surface area contributed by atoms with Gasteiger partial charge in [0.15, 0.2) is 0 Å². The normalized spacial score (nSPS) is 14.3. The van der Waals surface area contributed by atoms with Crippen LogP contribution in [-0.2, 0) is 26.4 Å². The summed E-state index contributed by atoms with van der Waals surface area (Å²) in [5, 5.41) is 7.91. The molecular formula is C22H27N5O2. The molecule has 0 fully saturated rings. The van der Waals surface area contributed by atoms with Crippen LogP contribution in [0, 0.1) is 0 Å². The predicted octanol–water partition coefficient (Wildman–Crippen LogP) is 3.04. The molecule has 2 aromatic heterocycles. The van der Waals surface area contributed by atoms with Gasteiger partial charge in [0.25, 0.3) is 5.91 Å². The van der Waals surface area contributed by atoms with E-state index in [1.807, 2.05) is 53.7 Å². The van der Waals surface area contributed by atoms with E-state index in [4.69, 9.17) is 9.84 Å². The molecule has 0 bridgehead atoms. The fourth-order valence-corrected chi connectivity index (χ4v) is 4.06. The van der Waals surface area contributed by atoms with Crippen molar-refractivity contribution in [3.8, 4) is 5.75 Å². The molecule has 0 saturated carbocycles. The van der Waals surface area contributed by atoms with Gasteiger partial charge in [0.2, 0.25) is 0 Å². The van der Waals surface area contributed by atoms with Crippen LogP contribution in [0.25, 0.3) is 0 Å². The summed E-state index contributed by atoms with van der Waals surface area (Å²) in [4.78, 5) is 18.0. The van der Waals surface area contributed by atoms with Crippen molar-refractivity contribution in [1.29, 1.82) is 0 Å². The average Bonchev–Trinajstić information content (AvgIpc) is 3.35. The van der Waals surface area contributed by atoms with Crippen molar-refractivity contribution in [2.75, 3.05) is 7.11 Å². The number of benzene rings is 1. The first-order valence-corrected chi connectivity index (χ1v) is 10.1. The highest BCUT2D eigenvalue weighted by Gasteiger charge is 2.28. The second-order valence-electron chi connectivity index (χ2n) is 7.38. The highest BCUT2D eigenvalue weighted by atomic mass is 16.5. The lowest BCUT2D eigenvalue weighted by molar-refractivity contribution is 0.0929. The Morgan fingerprint density at radius 1 is 1.31 bits per heavy atom. The number of rotatable bonds is 6. The fraction of sp³-hybridized carbons (Fsp3) is 0.409. The largest absolute Gasteiger partial charge is 0.497 e. The molecule has 4 rings (SSSR count). The molecule has 3 aromatic rings. The first-order valence-electron chi connectivity index (χ1n) is 10.1. The minimum Gasteiger partial charge on any atom is -0.497 e. The van der Waals surface area contributed by atoms with Gasteiger partial charge in [0.1, 0.15) is 23.3 Å². The minimum absolute atomic E-state index is 0.113. The highest BCUT2D eigenvalue weighted by molar-refractivity contribution is 5.95. The van der Waals surface area contributed by atoms with E-state index in [1.165, 1.54) is 0 Å². The Balaban J connectivity index is 1.73. The van der Waals surface area contributed by atoms with E-state index >= 15 is 0 Å². The molecular weight excluding hydrogens is 366 g/mol. The van der Waals surface area contributed by atoms with Crippen molar-refractivity contribution in [3.63, 3.8) is 0 Å². The zero-order valence-electron chi connectivity index (χ0n) is 17.2. The van der Waals surface area contributed by atoms with E-state index in [0.29, 0.717) is 12.2 Å². The van der Waals surface area contributed by atoms with Gasteiger partial charge in [-0.25, -0.2) is 4.98 Å². The maximum Gasteiger partial charge on any atom is 0.270 e. The van der Waals surface area contributed by atoms with Crippen LogP contribution >= 0.6 is 0 Å². The van der Waals surface area contributed by atoms with Gasteiger partial charge in [-0.3, -0.25) is 9.48 Å². The lowest BCUT2D eigenvalue weighted by Gasteiger charge is -2.21. The van der Waals surface area contributed by atoms with Gasteiger partial charge >= 0.3 is 0 Å². The second kappa shape index (κ2) is 8.11. The van der Waals surface area contributed by atoms with Crippen LogP contribution in [0.2, 0.25) is 0 Å². The quantitative estimate of drug-likeness (QED) is 0.699. The van der Waals surface area contributed by atoms with Crippen LogP contribution in [0.1, 0.15) is 58.9 Å². The summed E-state index contributed by atoms with van der Waals surface area (Å²) >= 11 is 0. The number of aromatic nitrogens is 4. The lowest BCUT2D eigenvalue weighted by Crippen LogP contribution is -2.33. The number of hydrogen-bond acceptors (Lipinski definition) is 4. The number of nitrogens with zero attached hydrogens (tertiary/aromatic N) is 4. The van der Waals surface area contributed by atoms with Crippen LogP contribution in [0.4, 0.5) is 0 Å². The number of ether oxygens (including phenoxy) is 1. The third-order valence-corrected chi connectivity index (χ3v) is 5.56. The van der Waals surface area contributed by atoms with Crippen LogP contribution in [0.5, 0.6) is 5.75 Å². The van der Waals surface area contributed by atoms with Crippen molar-refractivity contribution < 1.29 is 9.53 Å². The molecule has 1 amide bonds. The van der Waals surface area contributed by atoms with Crippen LogP contribution in [0.15, 0.2) is 36.7 Å². The van der Waals surface area contributed by atoms with Crippen LogP contribution in [0.3, 0.4) is 0 Å². The van der Waals surface area contributed by atoms with Gasteiger partial charge in [-0.1, -0.05) is 12.1 Å². The molecule has 0 aliphatic heterocycles. The Labute approximate surface area is 170 Å². The summed E-state index contributed by atoms with van der Waals surface area (Å²) < 4.78 is 9.15. The first-order chi connectivity index (χ1) is 14.1. The second-order valence-corrected chi connectivity index (χ2v) is 7.38. The van der Waals surface area contributed by atoms with Crippen molar-refractivity contribution in [1.82, 2.24) is 24.6 Å². The molecule has 29 heavy (non-hydrogen) atoms. The molecule has 1 atom stereocenters. The molecule has 152 valence electrons. The van der Waals surface area contributed by atoms with E-state index in [0.717, 1.165) is 54.1 Å². The summed E-state index contributed by atoms with van der Waals surface area (Å²) in [6, 6.07) is 7.34. The third kappa shape index (κ3) is 3.64. The van der Waals surface area contributed by atoms with E-state index in [2.05, 4.69) is 10.3 Å². The molecule has 1 aliphatic rings. The molecule has 7 heteroatoms. The standard InChI is InChI=1S/C22H27N5O2/c1-4-27-20(17-10-5-6-11-18(17)25-27)22(28)24-19(21-23-12-13-26(21)2)15-8-7-9-16(14-15)29-3/h7-9,12-14,19H,4-6,10-11H2,1-3H3,(H,24,28). The van der Waals surface area contributed by atoms with E-state index in [9.17, 15) is 4.79 Å². The van der Waals surface area contributed by atoms with Gasteiger partial charge in [-0.15, -0.1) is 0 Å².